The fourth-order valence-corrected chi connectivity index (χ4v) is 3.58. The van der Waals surface area contributed by atoms with Crippen LogP contribution in [0.5, 0.6) is 0 Å². The molecule has 0 saturated carbocycles. The Morgan fingerprint density at radius 1 is 1.07 bits per heavy atom. The molecular formula is C21H21ClN4O. The second kappa shape index (κ2) is 7.55. The van der Waals surface area contributed by atoms with Gasteiger partial charge in [-0.3, -0.25) is 9.78 Å². The van der Waals surface area contributed by atoms with Crippen LogP contribution in [0.25, 0.3) is 10.9 Å². The highest BCUT2D eigenvalue weighted by molar-refractivity contribution is 6.31. The van der Waals surface area contributed by atoms with Crippen molar-refractivity contribution >= 4 is 39.8 Å². The molecule has 1 fully saturated rings. The highest BCUT2D eigenvalue weighted by Crippen LogP contribution is 2.31. The molecule has 138 valence electrons. The molecule has 2 aromatic carbocycles. The number of rotatable bonds is 3. The number of nitrogens with one attached hydrogen (secondary N) is 1. The molecule has 2 heterocycles. The molecule has 0 aliphatic carbocycles. The summed E-state index contributed by atoms with van der Waals surface area (Å²) in [4.78, 5) is 22.0. The van der Waals surface area contributed by atoms with Crippen LogP contribution in [0, 0.1) is 0 Å². The summed E-state index contributed by atoms with van der Waals surface area (Å²) in [5, 5.41) is 4.59. The van der Waals surface area contributed by atoms with Crippen LogP contribution < -0.4 is 10.2 Å². The minimum atomic E-state index is -0.183. The van der Waals surface area contributed by atoms with E-state index in [1.165, 1.54) is 0 Å². The molecule has 0 atom stereocenters. The largest absolute Gasteiger partial charge is 0.367 e. The van der Waals surface area contributed by atoms with E-state index >= 15 is 0 Å². The van der Waals surface area contributed by atoms with E-state index in [0.717, 1.165) is 42.9 Å². The van der Waals surface area contributed by atoms with Crippen LogP contribution in [-0.4, -0.2) is 49.0 Å². The van der Waals surface area contributed by atoms with Crippen LogP contribution in [0.3, 0.4) is 0 Å². The number of nitrogens with zero attached hydrogens (tertiary/aromatic N) is 3. The van der Waals surface area contributed by atoms with E-state index in [-0.39, 0.29) is 5.91 Å². The molecule has 0 spiro atoms. The van der Waals surface area contributed by atoms with Crippen molar-refractivity contribution < 1.29 is 4.79 Å². The number of hydrogen-bond donors (Lipinski definition) is 1. The van der Waals surface area contributed by atoms with Crippen molar-refractivity contribution in [1.82, 2.24) is 9.88 Å². The van der Waals surface area contributed by atoms with Gasteiger partial charge in [-0.1, -0.05) is 29.8 Å². The number of likely N-dealkylation sites (N-methyl/N-ethyl adjacent to an activating group) is 1. The average Bonchev–Trinajstić information content (AvgIpc) is 2.68. The summed E-state index contributed by atoms with van der Waals surface area (Å²) in [6.07, 6.45) is 1.70. The molecule has 1 aliphatic heterocycles. The molecule has 3 aromatic rings. The average molecular weight is 381 g/mol. The summed E-state index contributed by atoms with van der Waals surface area (Å²) in [6, 6.07) is 15.1. The lowest BCUT2D eigenvalue weighted by molar-refractivity contribution is 0.102. The first-order valence-corrected chi connectivity index (χ1v) is 9.38. The van der Waals surface area contributed by atoms with Crippen molar-refractivity contribution in [3.63, 3.8) is 0 Å². The molecule has 5 nitrogen and oxygen atoms in total. The van der Waals surface area contributed by atoms with Crippen molar-refractivity contribution in [1.29, 1.82) is 0 Å². The van der Waals surface area contributed by atoms with Gasteiger partial charge in [-0.05, 0) is 37.4 Å². The topological polar surface area (TPSA) is 48.5 Å². The van der Waals surface area contributed by atoms with Crippen LogP contribution in [0.4, 0.5) is 11.4 Å². The van der Waals surface area contributed by atoms with Gasteiger partial charge in [-0.2, -0.15) is 0 Å². The van der Waals surface area contributed by atoms with Gasteiger partial charge in [0.2, 0.25) is 0 Å². The Kier molecular flexibility index (Phi) is 4.97. The maximum Gasteiger partial charge on any atom is 0.257 e. The van der Waals surface area contributed by atoms with Gasteiger partial charge in [0.05, 0.1) is 22.5 Å². The van der Waals surface area contributed by atoms with E-state index in [1.807, 2.05) is 42.5 Å². The molecule has 0 bridgehead atoms. The molecule has 1 aromatic heterocycles. The zero-order chi connectivity index (χ0) is 18.8. The monoisotopic (exact) mass is 380 g/mol. The van der Waals surface area contributed by atoms with Crippen molar-refractivity contribution in [2.45, 2.75) is 0 Å². The normalized spacial score (nSPS) is 15.1. The van der Waals surface area contributed by atoms with Gasteiger partial charge < -0.3 is 15.1 Å². The fourth-order valence-electron chi connectivity index (χ4n) is 3.41. The van der Waals surface area contributed by atoms with Crippen molar-refractivity contribution in [3.05, 3.63) is 65.3 Å². The Bertz CT molecular complexity index is 978. The Morgan fingerprint density at radius 3 is 2.67 bits per heavy atom. The predicted octanol–water partition coefficient (Wildman–Crippen LogP) is 3.89. The molecule has 4 rings (SSSR count). The maximum absolute atomic E-state index is 13.0. The third-order valence-electron chi connectivity index (χ3n) is 4.93. The number of amides is 1. The quantitative estimate of drug-likeness (QED) is 0.748. The first-order chi connectivity index (χ1) is 13.1. The number of fused-ring (bicyclic) bond motifs is 1. The SMILES string of the molecule is CN1CCN(c2ccc(Cl)cc2NC(=O)c2cccc3cccnc23)CC1. The lowest BCUT2D eigenvalue weighted by Gasteiger charge is -2.35. The predicted molar refractivity (Wildman–Crippen MR) is 111 cm³/mol. The summed E-state index contributed by atoms with van der Waals surface area (Å²) >= 11 is 6.21. The van der Waals surface area contributed by atoms with Gasteiger partial charge in [0, 0.05) is 42.8 Å². The Balaban J connectivity index is 1.65. The molecule has 1 aliphatic rings. The van der Waals surface area contributed by atoms with Crippen molar-refractivity contribution in [3.8, 4) is 0 Å². The molecular weight excluding hydrogens is 360 g/mol. The third kappa shape index (κ3) is 3.75. The molecule has 6 heteroatoms. The van der Waals surface area contributed by atoms with E-state index in [1.54, 1.807) is 12.3 Å². The Morgan fingerprint density at radius 2 is 1.85 bits per heavy atom. The summed E-state index contributed by atoms with van der Waals surface area (Å²) in [5.41, 5.74) is 2.97. The second-order valence-electron chi connectivity index (χ2n) is 6.79. The van der Waals surface area contributed by atoms with Crippen LogP contribution in [0.2, 0.25) is 5.02 Å². The first kappa shape index (κ1) is 17.8. The minimum absolute atomic E-state index is 0.183. The van der Waals surface area contributed by atoms with Crippen molar-refractivity contribution in [2.24, 2.45) is 0 Å². The molecule has 1 N–H and O–H groups in total. The highest BCUT2D eigenvalue weighted by Gasteiger charge is 2.19. The first-order valence-electron chi connectivity index (χ1n) is 9.00. The molecule has 0 radical (unpaired) electrons. The summed E-state index contributed by atoms with van der Waals surface area (Å²) in [7, 11) is 2.12. The maximum atomic E-state index is 13.0. The minimum Gasteiger partial charge on any atom is -0.367 e. The van der Waals surface area contributed by atoms with Crippen LogP contribution in [-0.2, 0) is 0 Å². The Labute approximate surface area is 163 Å². The molecule has 0 unspecified atom stereocenters. The standard InChI is InChI=1S/C21H21ClN4O/c1-25-10-12-26(13-11-25)19-8-7-16(22)14-18(19)24-21(27)17-6-2-4-15-5-3-9-23-20(15)17/h2-9,14H,10-13H2,1H3,(H,24,27). The lowest BCUT2D eigenvalue weighted by Crippen LogP contribution is -2.44. The number of aromatic nitrogens is 1. The number of pyridine rings is 1. The lowest BCUT2D eigenvalue weighted by atomic mass is 10.1. The Hall–Kier alpha value is -2.63. The van der Waals surface area contributed by atoms with Gasteiger partial charge in [0.1, 0.15) is 0 Å². The number of benzene rings is 2. The number of hydrogen-bond acceptors (Lipinski definition) is 4. The number of anilines is 2. The van der Waals surface area contributed by atoms with Crippen LogP contribution in [0.15, 0.2) is 54.7 Å². The van der Waals surface area contributed by atoms with Gasteiger partial charge >= 0.3 is 0 Å². The highest BCUT2D eigenvalue weighted by atomic mass is 35.5. The van der Waals surface area contributed by atoms with E-state index in [0.29, 0.717) is 16.1 Å². The zero-order valence-electron chi connectivity index (χ0n) is 15.2. The van der Waals surface area contributed by atoms with E-state index in [9.17, 15) is 4.79 Å². The summed E-state index contributed by atoms with van der Waals surface area (Å²) in [5.74, 6) is -0.183. The van der Waals surface area contributed by atoms with E-state index in [4.69, 9.17) is 11.6 Å². The number of piperazine rings is 1. The van der Waals surface area contributed by atoms with Gasteiger partial charge in [0.15, 0.2) is 0 Å². The molecule has 1 amide bonds. The van der Waals surface area contributed by atoms with Gasteiger partial charge in [0.25, 0.3) is 5.91 Å². The van der Waals surface area contributed by atoms with Crippen molar-refractivity contribution in [2.75, 3.05) is 43.4 Å². The number of carbonyl (C=O) groups is 1. The van der Waals surface area contributed by atoms with Gasteiger partial charge in [-0.15, -0.1) is 0 Å². The van der Waals surface area contributed by atoms with Crippen LogP contribution in [0.1, 0.15) is 10.4 Å². The third-order valence-corrected chi connectivity index (χ3v) is 5.16. The van der Waals surface area contributed by atoms with E-state index < -0.39 is 0 Å². The smallest absolute Gasteiger partial charge is 0.257 e. The van der Waals surface area contributed by atoms with E-state index in [2.05, 4.69) is 27.1 Å². The second-order valence-corrected chi connectivity index (χ2v) is 7.22. The fraction of sp³-hybridized carbons (Fsp3) is 0.238. The molecule has 27 heavy (non-hydrogen) atoms. The number of para-hydroxylation sites is 1. The summed E-state index contributed by atoms with van der Waals surface area (Å²) in [6.45, 7) is 3.81. The van der Waals surface area contributed by atoms with Gasteiger partial charge in [-0.25, -0.2) is 0 Å². The zero-order valence-corrected chi connectivity index (χ0v) is 15.9. The van der Waals surface area contributed by atoms with Crippen LogP contribution >= 0.6 is 11.6 Å². The molecule has 1 saturated heterocycles. The number of halogens is 1. The number of carbonyl (C=O) groups excluding carboxylic acids is 1. The summed E-state index contributed by atoms with van der Waals surface area (Å²) < 4.78 is 0.